The number of ether oxygens (including phenoxy) is 3. The molecule has 2 aromatic heterocycles. The zero-order valence-electron chi connectivity index (χ0n) is 22.0. The maximum Gasteiger partial charge on any atom is 0.407 e. The summed E-state index contributed by atoms with van der Waals surface area (Å²) >= 11 is 0. The number of aromatic carboxylic acids is 1. The molecule has 4 rings (SSSR count). The van der Waals surface area contributed by atoms with Crippen LogP contribution in [-0.2, 0) is 4.74 Å². The summed E-state index contributed by atoms with van der Waals surface area (Å²) in [5, 5.41) is 21.2. The highest BCUT2D eigenvalue weighted by Gasteiger charge is 2.29. The third-order valence-corrected chi connectivity index (χ3v) is 5.28. The Hall–Kier alpha value is -4.99. The molecule has 0 aliphatic heterocycles. The van der Waals surface area contributed by atoms with Crippen molar-refractivity contribution in [2.75, 3.05) is 31.6 Å². The van der Waals surface area contributed by atoms with Gasteiger partial charge in [-0.3, -0.25) is 4.79 Å². The first-order valence-corrected chi connectivity index (χ1v) is 12.1. The molecule has 0 fully saturated rings. The van der Waals surface area contributed by atoms with Crippen molar-refractivity contribution in [3.63, 3.8) is 0 Å². The monoisotopic (exact) mass is 577 g/mol. The third-order valence-electron chi connectivity index (χ3n) is 5.28. The Morgan fingerprint density at radius 1 is 1.00 bits per heavy atom. The van der Waals surface area contributed by atoms with Crippen LogP contribution in [0.5, 0.6) is 11.8 Å². The summed E-state index contributed by atoms with van der Waals surface area (Å²) in [4.78, 5) is 36.9. The van der Waals surface area contributed by atoms with E-state index in [1.165, 1.54) is 6.07 Å². The predicted octanol–water partition coefficient (Wildman–Crippen LogP) is 3.44. The molecule has 0 aliphatic carbocycles. The Labute approximate surface area is 229 Å². The Morgan fingerprint density at radius 2 is 1.63 bits per heavy atom. The Kier molecular flexibility index (Phi) is 8.23. The van der Waals surface area contributed by atoms with E-state index in [4.69, 9.17) is 29.0 Å². The Bertz CT molecular complexity index is 1630. The number of nitrogens with zero attached hydrogens (tertiary/aromatic N) is 2. The number of halogens is 2. The number of anilines is 1. The number of carbonyl (C=O) groups excluding carboxylic acids is 2. The van der Waals surface area contributed by atoms with Gasteiger partial charge in [0.25, 0.3) is 17.7 Å². The summed E-state index contributed by atoms with van der Waals surface area (Å²) in [6.07, 6.45) is -0.708. The summed E-state index contributed by atoms with van der Waals surface area (Å²) in [6.45, 7) is 4.88. The fourth-order valence-corrected chi connectivity index (χ4v) is 3.70. The lowest BCUT2D eigenvalue weighted by Crippen LogP contribution is -2.34. The van der Waals surface area contributed by atoms with Crippen LogP contribution in [0.25, 0.3) is 21.9 Å². The Balaban J connectivity index is 1.61. The molecule has 0 bridgehead atoms. The first kappa shape index (κ1) is 29.0. The lowest BCUT2D eigenvalue weighted by Gasteiger charge is -2.19. The summed E-state index contributed by atoms with van der Waals surface area (Å²) in [6, 6.07) is 3.12. The van der Waals surface area contributed by atoms with Gasteiger partial charge in [0.2, 0.25) is 0 Å². The second kappa shape index (κ2) is 11.6. The summed E-state index contributed by atoms with van der Waals surface area (Å²) in [5.41, 5.74) is 2.28. The third kappa shape index (κ3) is 6.27. The fraction of sp³-hybridized carbons (Fsp3) is 0.320. The lowest BCUT2D eigenvalue weighted by molar-refractivity contribution is 0.0519. The van der Waals surface area contributed by atoms with Crippen molar-refractivity contribution in [3.8, 4) is 11.8 Å². The summed E-state index contributed by atoms with van der Waals surface area (Å²) in [7, 11) is 0. The molecule has 5 N–H and O–H groups in total. The van der Waals surface area contributed by atoms with Crippen molar-refractivity contribution >= 4 is 45.6 Å². The topological polar surface area (TPSA) is 201 Å². The minimum atomic E-state index is -1.73. The van der Waals surface area contributed by atoms with Crippen molar-refractivity contribution in [1.29, 1.82) is 0 Å². The maximum absolute atomic E-state index is 15.5. The molecular weight excluding hydrogens is 552 g/mol. The molecule has 0 radical (unpaired) electrons. The first-order valence-electron chi connectivity index (χ1n) is 12.1. The van der Waals surface area contributed by atoms with Gasteiger partial charge in [0.15, 0.2) is 17.0 Å². The van der Waals surface area contributed by atoms with Crippen LogP contribution in [0.2, 0.25) is 0 Å². The van der Waals surface area contributed by atoms with Crippen LogP contribution in [0.3, 0.4) is 0 Å². The second-order valence-corrected chi connectivity index (χ2v) is 9.43. The average Bonchev–Trinajstić information content (AvgIpc) is 3.48. The smallest absolute Gasteiger partial charge is 0.407 e. The van der Waals surface area contributed by atoms with E-state index in [1.807, 2.05) is 0 Å². The second-order valence-electron chi connectivity index (χ2n) is 9.43. The van der Waals surface area contributed by atoms with Gasteiger partial charge in [-0.2, -0.15) is 0 Å². The molecule has 16 heteroatoms. The largest absolute Gasteiger partial charge is 0.478 e. The van der Waals surface area contributed by atoms with E-state index < -0.39 is 52.0 Å². The van der Waals surface area contributed by atoms with E-state index in [2.05, 4.69) is 20.9 Å². The highest BCUT2D eigenvalue weighted by atomic mass is 19.1. The number of nitrogens with two attached hydrogens (primary N) is 1. The van der Waals surface area contributed by atoms with Crippen molar-refractivity contribution < 1.29 is 51.5 Å². The van der Waals surface area contributed by atoms with Gasteiger partial charge < -0.3 is 44.7 Å². The molecule has 4 aromatic rings. The number of rotatable bonds is 10. The number of amides is 2. The highest BCUT2D eigenvalue weighted by Crippen LogP contribution is 2.36. The van der Waals surface area contributed by atoms with Crippen LogP contribution < -0.4 is 25.8 Å². The quantitative estimate of drug-likeness (QED) is 0.200. The van der Waals surface area contributed by atoms with Crippen LogP contribution >= 0.6 is 0 Å². The zero-order chi connectivity index (χ0) is 29.9. The lowest BCUT2D eigenvalue weighted by atomic mass is 10.1. The molecule has 41 heavy (non-hydrogen) atoms. The summed E-state index contributed by atoms with van der Waals surface area (Å²) in [5.74, 6) is -5.86. The molecule has 2 aromatic carbocycles. The first-order chi connectivity index (χ1) is 19.4. The number of hydrogen-bond acceptors (Lipinski definition) is 11. The Morgan fingerprint density at radius 3 is 2.27 bits per heavy atom. The van der Waals surface area contributed by atoms with Crippen molar-refractivity contribution in [3.05, 3.63) is 41.0 Å². The van der Waals surface area contributed by atoms with Gasteiger partial charge in [0.05, 0.1) is 17.8 Å². The molecule has 2 amide bonds. The molecular formula is C25H25F2N5O9. The van der Waals surface area contributed by atoms with E-state index in [9.17, 15) is 23.9 Å². The molecule has 14 nitrogen and oxygen atoms in total. The maximum atomic E-state index is 15.5. The number of nitrogens with one attached hydrogen (secondary N) is 2. The molecule has 0 saturated carbocycles. The molecule has 0 saturated heterocycles. The van der Waals surface area contributed by atoms with E-state index in [1.54, 1.807) is 20.8 Å². The zero-order valence-corrected chi connectivity index (χ0v) is 22.0. The summed E-state index contributed by atoms with van der Waals surface area (Å²) < 4.78 is 56.3. The fourth-order valence-electron chi connectivity index (χ4n) is 3.70. The minimum Gasteiger partial charge on any atom is -0.478 e. The van der Waals surface area contributed by atoms with E-state index in [0.717, 1.165) is 12.1 Å². The number of benzene rings is 2. The number of aromatic nitrogens is 2. The van der Waals surface area contributed by atoms with E-state index in [0.29, 0.717) is 0 Å². The average molecular weight is 577 g/mol. The number of carbonyl (C=O) groups is 3. The number of carboxylic acid groups (broad SMARTS) is 1. The van der Waals surface area contributed by atoms with Crippen LogP contribution in [0.1, 0.15) is 41.5 Å². The highest BCUT2D eigenvalue weighted by molar-refractivity contribution is 6.15. The minimum absolute atomic E-state index is 0.00361. The number of fused-ring (bicyclic) bond motifs is 2. The van der Waals surface area contributed by atoms with Crippen LogP contribution in [0, 0.1) is 11.6 Å². The predicted molar refractivity (Wildman–Crippen MR) is 137 cm³/mol. The molecule has 0 unspecified atom stereocenters. The molecule has 0 spiro atoms. The van der Waals surface area contributed by atoms with Gasteiger partial charge in [-0.25, -0.2) is 18.4 Å². The van der Waals surface area contributed by atoms with Gasteiger partial charge in [-0.15, -0.1) is 0 Å². The molecule has 218 valence electrons. The van der Waals surface area contributed by atoms with Crippen molar-refractivity contribution in [1.82, 2.24) is 15.6 Å². The van der Waals surface area contributed by atoms with Crippen molar-refractivity contribution in [2.24, 2.45) is 5.73 Å². The van der Waals surface area contributed by atoms with Crippen LogP contribution in [0.4, 0.5) is 19.3 Å². The standard InChI is InChI=1S/C25H25F2N5O9/c1-25(2,3)39-24(36)29-7-9-38-22-17-14(41-32-22)10-12(19(27)18(17)23(34)35)30-20(33)15-11(26)4-5-13-16(15)21(31-40-13)37-8-6-28/h4-5,10H,6-9,28H2,1-3H3,(H,29,36)(H,30,33)(H,34,35). The van der Waals surface area contributed by atoms with Crippen molar-refractivity contribution in [2.45, 2.75) is 26.4 Å². The van der Waals surface area contributed by atoms with Gasteiger partial charge in [0, 0.05) is 12.6 Å². The molecule has 2 heterocycles. The van der Waals surface area contributed by atoms with Crippen LogP contribution in [0.15, 0.2) is 27.2 Å². The van der Waals surface area contributed by atoms with Gasteiger partial charge in [-0.05, 0) is 43.2 Å². The molecule has 0 aliphatic rings. The number of carboxylic acids is 1. The molecule has 0 atom stereocenters. The van der Waals surface area contributed by atoms with Gasteiger partial charge in [-0.1, -0.05) is 0 Å². The van der Waals surface area contributed by atoms with Crippen LogP contribution in [-0.4, -0.2) is 65.3 Å². The SMILES string of the molecule is CC(C)(C)OC(=O)NCCOc1noc2cc(NC(=O)c3c(F)ccc4onc(OCCN)c34)c(F)c(C(=O)O)c12. The number of alkyl carbamates (subject to hydrolysis) is 1. The van der Waals surface area contributed by atoms with Gasteiger partial charge in [0.1, 0.15) is 41.0 Å². The normalized spacial score (nSPS) is 11.5. The van der Waals surface area contributed by atoms with E-state index >= 15 is 4.39 Å². The number of hydrogen-bond donors (Lipinski definition) is 4. The van der Waals surface area contributed by atoms with E-state index in [-0.39, 0.29) is 60.0 Å². The van der Waals surface area contributed by atoms with Gasteiger partial charge >= 0.3 is 12.1 Å².